The van der Waals surface area contributed by atoms with E-state index >= 15 is 0 Å². The van der Waals surface area contributed by atoms with Crippen LogP contribution in [0.15, 0.2) is 36.9 Å². The number of aromatic nitrogens is 4. The van der Waals surface area contributed by atoms with E-state index in [1.165, 1.54) is 0 Å². The Morgan fingerprint density at radius 2 is 1.40 bits per heavy atom. The molecule has 2 heterocycles. The van der Waals surface area contributed by atoms with Gasteiger partial charge in [-0.2, -0.15) is 10.2 Å². The van der Waals surface area contributed by atoms with E-state index in [4.69, 9.17) is 4.74 Å². The van der Waals surface area contributed by atoms with Crippen molar-refractivity contribution in [2.24, 2.45) is 0 Å². The van der Waals surface area contributed by atoms with E-state index in [9.17, 15) is 0 Å². The van der Waals surface area contributed by atoms with Crippen molar-refractivity contribution >= 4 is 0 Å². The van der Waals surface area contributed by atoms with E-state index < -0.39 is 0 Å². The first-order valence-electron chi connectivity index (χ1n) is 4.98. The minimum Gasteiger partial charge on any atom is -0.378 e. The zero-order valence-electron chi connectivity index (χ0n) is 8.49. The highest BCUT2D eigenvalue weighted by Gasteiger charge is 1.92. The molecule has 2 aromatic rings. The van der Waals surface area contributed by atoms with Crippen molar-refractivity contribution in [2.45, 2.75) is 13.1 Å². The van der Waals surface area contributed by atoms with Gasteiger partial charge in [0, 0.05) is 24.8 Å². The molecule has 0 aliphatic carbocycles. The minimum atomic E-state index is 0.683. The lowest BCUT2D eigenvalue weighted by atomic mass is 10.6. The van der Waals surface area contributed by atoms with Gasteiger partial charge in [0.15, 0.2) is 0 Å². The largest absolute Gasteiger partial charge is 0.378 e. The van der Waals surface area contributed by atoms with Crippen LogP contribution in [0.25, 0.3) is 0 Å². The second kappa shape index (κ2) is 5.31. The van der Waals surface area contributed by atoms with Crippen LogP contribution in [0.3, 0.4) is 0 Å². The van der Waals surface area contributed by atoms with Crippen LogP contribution in [0.2, 0.25) is 0 Å². The Morgan fingerprint density at radius 3 is 1.80 bits per heavy atom. The summed E-state index contributed by atoms with van der Waals surface area (Å²) in [7, 11) is 0. The highest BCUT2D eigenvalue weighted by Crippen LogP contribution is 1.88. The molecule has 0 N–H and O–H groups in total. The van der Waals surface area contributed by atoms with Crippen LogP contribution in [0.5, 0.6) is 0 Å². The van der Waals surface area contributed by atoms with Gasteiger partial charge in [-0.3, -0.25) is 9.36 Å². The summed E-state index contributed by atoms with van der Waals surface area (Å²) in [6.45, 7) is 2.96. The zero-order valence-corrected chi connectivity index (χ0v) is 8.49. The van der Waals surface area contributed by atoms with Crippen LogP contribution in [0.1, 0.15) is 0 Å². The standard InChI is InChI=1S/C10H14N4O/c1-3-11-13(5-1)7-9-15-10-8-14-6-2-4-12-14/h1-6H,7-10H2. The summed E-state index contributed by atoms with van der Waals surface area (Å²) in [5.74, 6) is 0. The molecule has 0 fully saturated rings. The summed E-state index contributed by atoms with van der Waals surface area (Å²) in [6, 6.07) is 3.81. The van der Waals surface area contributed by atoms with Crippen molar-refractivity contribution in [3.63, 3.8) is 0 Å². The Balaban J connectivity index is 1.56. The minimum absolute atomic E-state index is 0.683. The smallest absolute Gasteiger partial charge is 0.0663 e. The molecule has 2 rings (SSSR count). The predicted molar refractivity (Wildman–Crippen MR) is 55.3 cm³/mol. The van der Waals surface area contributed by atoms with Crippen molar-refractivity contribution in [2.75, 3.05) is 13.2 Å². The van der Waals surface area contributed by atoms with E-state index in [0.717, 1.165) is 13.1 Å². The molecule has 0 saturated carbocycles. The van der Waals surface area contributed by atoms with Crippen LogP contribution < -0.4 is 0 Å². The van der Waals surface area contributed by atoms with Gasteiger partial charge in [0.2, 0.25) is 0 Å². The molecule has 2 aromatic heterocycles. The summed E-state index contributed by atoms with van der Waals surface area (Å²) in [4.78, 5) is 0. The molecule has 0 amide bonds. The van der Waals surface area contributed by atoms with Crippen LogP contribution in [0.4, 0.5) is 0 Å². The van der Waals surface area contributed by atoms with Crippen molar-refractivity contribution < 1.29 is 4.74 Å². The Morgan fingerprint density at radius 1 is 0.867 bits per heavy atom. The van der Waals surface area contributed by atoms with E-state index in [-0.39, 0.29) is 0 Å². The molecule has 5 heteroatoms. The fraction of sp³-hybridized carbons (Fsp3) is 0.400. The van der Waals surface area contributed by atoms with Gasteiger partial charge in [0.05, 0.1) is 26.3 Å². The first-order chi connectivity index (χ1) is 7.45. The van der Waals surface area contributed by atoms with Gasteiger partial charge in [-0.05, 0) is 12.1 Å². The highest BCUT2D eigenvalue weighted by atomic mass is 16.5. The molecule has 0 saturated heterocycles. The molecule has 0 spiro atoms. The fourth-order valence-electron chi connectivity index (χ4n) is 1.28. The summed E-state index contributed by atoms with van der Waals surface area (Å²) in [5, 5.41) is 8.17. The van der Waals surface area contributed by atoms with Gasteiger partial charge in [0.1, 0.15) is 0 Å². The molecule has 0 radical (unpaired) electrons. The molecule has 5 nitrogen and oxygen atoms in total. The molecular weight excluding hydrogens is 192 g/mol. The molecular formula is C10H14N4O. The van der Waals surface area contributed by atoms with Gasteiger partial charge in [-0.15, -0.1) is 0 Å². The second-order valence-corrected chi connectivity index (χ2v) is 3.15. The van der Waals surface area contributed by atoms with Crippen molar-refractivity contribution in [3.05, 3.63) is 36.9 Å². The fourth-order valence-corrected chi connectivity index (χ4v) is 1.28. The SMILES string of the molecule is c1cnn(CCOCCn2cccn2)c1. The average Bonchev–Trinajstić information content (AvgIpc) is 2.88. The van der Waals surface area contributed by atoms with Crippen LogP contribution in [-0.2, 0) is 17.8 Å². The Labute approximate surface area is 88.3 Å². The van der Waals surface area contributed by atoms with Crippen molar-refractivity contribution in [1.82, 2.24) is 19.6 Å². The third-order valence-electron chi connectivity index (χ3n) is 2.05. The van der Waals surface area contributed by atoms with Crippen LogP contribution in [0, 0.1) is 0 Å². The molecule has 0 unspecified atom stereocenters. The number of ether oxygens (including phenoxy) is 1. The maximum Gasteiger partial charge on any atom is 0.0663 e. The molecule has 0 aromatic carbocycles. The maximum absolute atomic E-state index is 5.46. The molecule has 0 atom stereocenters. The van der Waals surface area contributed by atoms with Gasteiger partial charge in [0.25, 0.3) is 0 Å². The summed E-state index contributed by atoms with van der Waals surface area (Å²) >= 11 is 0. The first-order valence-corrected chi connectivity index (χ1v) is 4.98. The van der Waals surface area contributed by atoms with E-state index in [1.807, 2.05) is 33.9 Å². The van der Waals surface area contributed by atoms with E-state index in [1.54, 1.807) is 12.4 Å². The summed E-state index contributed by atoms with van der Waals surface area (Å²) < 4.78 is 9.17. The molecule has 0 bridgehead atoms. The monoisotopic (exact) mass is 206 g/mol. The Kier molecular flexibility index (Phi) is 3.51. The lowest BCUT2D eigenvalue weighted by Gasteiger charge is -2.04. The third-order valence-corrected chi connectivity index (χ3v) is 2.05. The highest BCUT2D eigenvalue weighted by molar-refractivity contribution is 4.78. The normalized spacial score (nSPS) is 10.7. The van der Waals surface area contributed by atoms with Crippen molar-refractivity contribution in [3.8, 4) is 0 Å². The van der Waals surface area contributed by atoms with E-state index in [0.29, 0.717) is 13.2 Å². The third kappa shape index (κ3) is 3.21. The Bertz CT molecular complexity index is 318. The summed E-state index contributed by atoms with van der Waals surface area (Å²) in [6.07, 6.45) is 7.39. The first kappa shape index (κ1) is 9.92. The summed E-state index contributed by atoms with van der Waals surface area (Å²) in [5.41, 5.74) is 0. The van der Waals surface area contributed by atoms with E-state index in [2.05, 4.69) is 10.2 Å². The lowest BCUT2D eigenvalue weighted by molar-refractivity contribution is 0.114. The predicted octanol–water partition coefficient (Wildman–Crippen LogP) is 0.796. The van der Waals surface area contributed by atoms with Gasteiger partial charge in [-0.25, -0.2) is 0 Å². The van der Waals surface area contributed by atoms with Crippen LogP contribution >= 0.6 is 0 Å². The topological polar surface area (TPSA) is 44.9 Å². The molecule has 15 heavy (non-hydrogen) atoms. The van der Waals surface area contributed by atoms with Gasteiger partial charge < -0.3 is 4.74 Å². The number of rotatable bonds is 6. The molecule has 0 aliphatic rings. The Hall–Kier alpha value is -1.62. The maximum atomic E-state index is 5.46. The molecule has 80 valence electrons. The average molecular weight is 206 g/mol. The number of hydrogen-bond donors (Lipinski definition) is 0. The van der Waals surface area contributed by atoms with Gasteiger partial charge >= 0.3 is 0 Å². The number of nitrogens with zero attached hydrogens (tertiary/aromatic N) is 4. The number of hydrogen-bond acceptors (Lipinski definition) is 3. The van der Waals surface area contributed by atoms with Crippen molar-refractivity contribution in [1.29, 1.82) is 0 Å². The van der Waals surface area contributed by atoms with Gasteiger partial charge in [-0.1, -0.05) is 0 Å². The zero-order chi connectivity index (χ0) is 10.3. The van der Waals surface area contributed by atoms with Crippen LogP contribution in [-0.4, -0.2) is 32.8 Å². The second-order valence-electron chi connectivity index (χ2n) is 3.15. The lowest BCUT2D eigenvalue weighted by Crippen LogP contribution is -2.11. The molecule has 0 aliphatic heterocycles. The quantitative estimate of drug-likeness (QED) is 0.656.